The molecule has 3 nitrogen and oxygen atoms in total. The van der Waals surface area contributed by atoms with Crippen LogP contribution in [0.2, 0.25) is 0 Å². The number of fused-ring (bicyclic) bond motifs is 1. The van der Waals surface area contributed by atoms with Crippen LogP contribution in [-0.2, 0) is 6.54 Å². The maximum atomic E-state index is 13.6. The van der Waals surface area contributed by atoms with Gasteiger partial charge in [-0.05, 0) is 0 Å². The predicted molar refractivity (Wildman–Crippen MR) is 77.6 cm³/mol. The number of halogens is 2. The minimum Gasteiger partial charge on any atom is -0.369 e. The van der Waals surface area contributed by atoms with Gasteiger partial charge in [-0.15, -0.1) is 0 Å². The van der Waals surface area contributed by atoms with Crippen molar-refractivity contribution in [1.29, 1.82) is 0 Å². The van der Waals surface area contributed by atoms with Crippen molar-refractivity contribution < 1.29 is 8.78 Å². The zero-order valence-corrected chi connectivity index (χ0v) is 11.7. The summed E-state index contributed by atoms with van der Waals surface area (Å²) >= 11 is 3.77. The lowest BCUT2D eigenvalue weighted by Crippen LogP contribution is -2.21. The van der Waals surface area contributed by atoms with E-state index in [-0.39, 0.29) is 11.5 Å². The summed E-state index contributed by atoms with van der Waals surface area (Å²) in [4.78, 5) is 4.00. The molecule has 7 heteroatoms. The van der Waals surface area contributed by atoms with Gasteiger partial charge in [0.2, 0.25) is 5.95 Å². The van der Waals surface area contributed by atoms with Crippen molar-refractivity contribution in [1.82, 2.24) is 9.55 Å². The number of rotatable bonds is 2. The first-order valence-corrected chi connectivity index (χ1v) is 8.15. The molecule has 0 amide bonds. The number of nitrogens with zero attached hydrogens (tertiary/aromatic N) is 2. The molecule has 1 aromatic heterocycles. The smallest absolute Gasteiger partial charge is 0.201 e. The molecule has 2 N–H and O–H groups in total. The van der Waals surface area contributed by atoms with Crippen LogP contribution in [0.4, 0.5) is 14.7 Å². The average molecular weight is 301 g/mol. The van der Waals surface area contributed by atoms with Crippen LogP contribution in [-0.4, -0.2) is 32.1 Å². The molecule has 0 saturated carbocycles. The van der Waals surface area contributed by atoms with Gasteiger partial charge < -0.3 is 10.3 Å². The summed E-state index contributed by atoms with van der Waals surface area (Å²) in [7, 11) is 0. The molecule has 0 bridgehead atoms. The molecular formula is C12H13F2N3S2. The maximum Gasteiger partial charge on any atom is 0.201 e. The van der Waals surface area contributed by atoms with E-state index in [4.69, 9.17) is 5.73 Å². The first kappa shape index (κ1) is 13.1. The van der Waals surface area contributed by atoms with Gasteiger partial charge in [0.1, 0.15) is 11.3 Å². The van der Waals surface area contributed by atoms with Gasteiger partial charge >= 0.3 is 0 Å². The minimum atomic E-state index is -0.661. The highest BCUT2D eigenvalue weighted by atomic mass is 32.2. The Kier molecular flexibility index (Phi) is 3.58. The van der Waals surface area contributed by atoms with E-state index in [9.17, 15) is 8.78 Å². The van der Waals surface area contributed by atoms with E-state index in [1.807, 2.05) is 23.5 Å². The van der Waals surface area contributed by atoms with Crippen LogP contribution in [0.3, 0.4) is 0 Å². The SMILES string of the molecule is Nc1nc2c(F)cc(F)cc2n1CC1CSCCS1. The van der Waals surface area contributed by atoms with Gasteiger partial charge in [-0.1, -0.05) is 0 Å². The second-order valence-corrected chi connectivity index (χ2v) is 6.96. The molecule has 1 aliphatic rings. The van der Waals surface area contributed by atoms with Crippen molar-refractivity contribution in [2.24, 2.45) is 0 Å². The van der Waals surface area contributed by atoms with Gasteiger partial charge in [-0.2, -0.15) is 23.5 Å². The van der Waals surface area contributed by atoms with Crippen LogP contribution in [0.5, 0.6) is 0 Å². The molecule has 0 radical (unpaired) electrons. The number of imidazole rings is 1. The Morgan fingerprint density at radius 2 is 2.21 bits per heavy atom. The highest BCUT2D eigenvalue weighted by molar-refractivity contribution is 8.06. The Bertz CT molecular complexity index is 609. The standard InChI is InChI=1S/C12H13F2N3S2/c13-7-3-9(14)11-10(4-7)17(12(15)16-11)5-8-6-18-1-2-19-8/h3-4,8H,1-2,5-6H2,(H2,15,16). The van der Waals surface area contributed by atoms with Crippen molar-refractivity contribution in [3.8, 4) is 0 Å². The highest BCUT2D eigenvalue weighted by Gasteiger charge is 2.19. The van der Waals surface area contributed by atoms with Crippen LogP contribution in [0.1, 0.15) is 0 Å². The summed E-state index contributed by atoms with van der Waals surface area (Å²) < 4.78 is 28.7. The van der Waals surface area contributed by atoms with Gasteiger partial charge in [0.15, 0.2) is 5.82 Å². The summed E-state index contributed by atoms with van der Waals surface area (Å²) in [5.74, 6) is 2.27. The number of nitrogens with two attached hydrogens (primary N) is 1. The summed E-state index contributed by atoms with van der Waals surface area (Å²) in [6.07, 6.45) is 0. The van der Waals surface area contributed by atoms with Crippen LogP contribution in [0, 0.1) is 11.6 Å². The lowest BCUT2D eigenvalue weighted by Gasteiger charge is -2.22. The fourth-order valence-corrected chi connectivity index (χ4v) is 4.86. The number of aromatic nitrogens is 2. The molecule has 1 saturated heterocycles. The van der Waals surface area contributed by atoms with Crippen LogP contribution in [0.25, 0.3) is 11.0 Å². The van der Waals surface area contributed by atoms with E-state index in [0.717, 1.165) is 23.3 Å². The summed E-state index contributed by atoms with van der Waals surface area (Å²) in [5.41, 5.74) is 6.42. The normalized spacial score (nSPS) is 20.0. The number of nitrogen functional groups attached to an aromatic ring is 1. The molecule has 0 aliphatic carbocycles. The molecule has 3 rings (SSSR count). The first-order chi connectivity index (χ1) is 9.15. The molecule has 1 fully saturated rings. The van der Waals surface area contributed by atoms with Crippen molar-refractivity contribution in [3.63, 3.8) is 0 Å². The zero-order valence-electron chi connectivity index (χ0n) is 10.1. The van der Waals surface area contributed by atoms with Crippen LogP contribution in [0.15, 0.2) is 12.1 Å². The second-order valence-electron chi connectivity index (χ2n) is 4.40. The molecule has 2 heterocycles. The van der Waals surface area contributed by atoms with Gasteiger partial charge in [-0.3, -0.25) is 0 Å². The van der Waals surface area contributed by atoms with E-state index < -0.39 is 11.6 Å². The topological polar surface area (TPSA) is 43.8 Å². The van der Waals surface area contributed by atoms with Crippen LogP contribution < -0.4 is 5.73 Å². The Labute approximate surface area is 117 Å². The van der Waals surface area contributed by atoms with Gasteiger partial charge in [0, 0.05) is 41.2 Å². The zero-order chi connectivity index (χ0) is 13.4. The molecular weight excluding hydrogens is 288 g/mol. The van der Waals surface area contributed by atoms with E-state index in [1.54, 1.807) is 4.57 Å². The van der Waals surface area contributed by atoms with Crippen molar-refractivity contribution in [2.45, 2.75) is 11.8 Å². The lowest BCUT2D eigenvalue weighted by atomic mass is 10.3. The molecule has 1 unspecified atom stereocenters. The fourth-order valence-electron chi connectivity index (χ4n) is 2.20. The van der Waals surface area contributed by atoms with Crippen molar-refractivity contribution in [2.75, 3.05) is 23.0 Å². The summed E-state index contributed by atoms with van der Waals surface area (Å²) in [5, 5.41) is 0.407. The molecule has 102 valence electrons. The summed E-state index contributed by atoms with van der Waals surface area (Å²) in [6, 6.07) is 2.13. The number of thioether (sulfide) groups is 2. The number of anilines is 1. The summed E-state index contributed by atoms with van der Waals surface area (Å²) in [6.45, 7) is 0.642. The third-order valence-corrected chi connectivity index (χ3v) is 5.90. The Balaban J connectivity index is 1.99. The third kappa shape index (κ3) is 2.53. The fraction of sp³-hybridized carbons (Fsp3) is 0.417. The van der Waals surface area contributed by atoms with Crippen LogP contribution >= 0.6 is 23.5 Å². The number of benzene rings is 1. The Hall–Kier alpha value is -0.950. The quantitative estimate of drug-likeness (QED) is 0.926. The van der Waals surface area contributed by atoms with E-state index in [1.165, 1.54) is 6.07 Å². The molecule has 1 aliphatic heterocycles. The second kappa shape index (κ2) is 5.20. The van der Waals surface area contributed by atoms with Gasteiger partial charge in [0.05, 0.1) is 5.52 Å². The average Bonchev–Trinajstić information content (AvgIpc) is 2.69. The minimum absolute atomic E-state index is 0.146. The molecule has 1 aromatic carbocycles. The number of hydrogen-bond acceptors (Lipinski definition) is 4. The molecule has 19 heavy (non-hydrogen) atoms. The molecule has 2 aromatic rings. The van der Waals surface area contributed by atoms with Gasteiger partial charge in [-0.25, -0.2) is 13.8 Å². The Morgan fingerprint density at radius 1 is 1.37 bits per heavy atom. The molecule has 0 spiro atoms. The largest absolute Gasteiger partial charge is 0.369 e. The number of hydrogen-bond donors (Lipinski definition) is 1. The molecule has 1 atom stereocenters. The van der Waals surface area contributed by atoms with E-state index in [2.05, 4.69) is 4.98 Å². The monoisotopic (exact) mass is 301 g/mol. The maximum absolute atomic E-state index is 13.6. The third-order valence-electron chi connectivity index (χ3n) is 3.07. The first-order valence-electron chi connectivity index (χ1n) is 5.95. The Morgan fingerprint density at radius 3 is 2.95 bits per heavy atom. The van der Waals surface area contributed by atoms with Gasteiger partial charge in [0.25, 0.3) is 0 Å². The van der Waals surface area contributed by atoms with Crippen molar-refractivity contribution in [3.05, 3.63) is 23.8 Å². The lowest BCUT2D eigenvalue weighted by molar-refractivity contribution is 0.589. The highest BCUT2D eigenvalue weighted by Crippen LogP contribution is 2.28. The van der Waals surface area contributed by atoms with E-state index in [0.29, 0.717) is 17.3 Å². The predicted octanol–water partition coefficient (Wildman–Crippen LogP) is 2.75. The van der Waals surface area contributed by atoms with E-state index >= 15 is 0 Å². The van der Waals surface area contributed by atoms with Crippen molar-refractivity contribution >= 4 is 40.5 Å².